The fourth-order valence-electron chi connectivity index (χ4n) is 1.47. The lowest BCUT2D eigenvalue weighted by Crippen LogP contribution is -1.90. The van der Waals surface area contributed by atoms with Gasteiger partial charge in [0.1, 0.15) is 16.8 Å². The van der Waals surface area contributed by atoms with Gasteiger partial charge in [-0.1, -0.05) is 0 Å². The number of rotatable bonds is 2. The molecule has 3 aromatic heterocycles. The van der Waals surface area contributed by atoms with Crippen molar-refractivity contribution >= 4 is 21.6 Å². The first-order valence-electron chi connectivity index (χ1n) is 5.11. The topological polar surface area (TPSA) is 47.9 Å². The fourth-order valence-corrected chi connectivity index (χ4v) is 2.23. The molecule has 0 aliphatic heterocycles. The summed E-state index contributed by atoms with van der Waals surface area (Å²) in [4.78, 5) is 12.5. The molecule has 0 N–H and O–H groups in total. The molecule has 0 unspecified atom stereocenters. The second-order valence-electron chi connectivity index (χ2n) is 3.55. The summed E-state index contributed by atoms with van der Waals surface area (Å²) in [5.74, 6) is 1.26. The Labute approximate surface area is 102 Å². The Morgan fingerprint density at radius 2 is 2.06 bits per heavy atom. The van der Waals surface area contributed by atoms with Crippen LogP contribution in [0.5, 0.6) is 11.6 Å². The Bertz CT molecular complexity index is 648. The van der Waals surface area contributed by atoms with E-state index in [9.17, 15) is 0 Å². The van der Waals surface area contributed by atoms with Crippen molar-refractivity contribution in [1.82, 2.24) is 15.0 Å². The highest BCUT2D eigenvalue weighted by Crippen LogP contribution is 2.29. The lowest BCUT2D eigenvalue weighted by Gasteiger charge is -2.04. The number of aryl methyl sites for hydroxylation is 1. The molecule has 0 aliphatic carbocycles. The van der Waals surface area contributed by atoms with Gasteiger partial charge in [0.05, 0.1) is 11.7 Å². The maximum atomic E-state index is 5.70. The van der Waals surface area contributed by atoms with Gasteiger partial charge >= 0.3 is 0 Å². The Morgan fingerprint density at radius 1 is 1.12 bits per heavy atom. The molecule has 4 nitrogen and oxygen atoms in total. The smallest absolute Gasteiger partial charge is 0.240 e. The fraction of sp³-hybridized carbons (Fsp3) is 0.0833. The van der Waals surface area contributed by atoms with Crippen molar-refractivity contribution < 1.29 is 4.74 Å². The number of ether oxygens (including phenoxy) is 1. The molecule has 5 heteroatoms. The molecule has 0 aromatic carbocycles. The minimum atomic E-state index is 0.579. The van der Waals surface area contributed by atoms with Crippen molar-refractivity contribution in [2.24, 2.45) is 0 Å². The average Bonchev–Trinajstić information content (AvgIpc) is 2.81. The van der Waals surface area contributed by atoms with E-state index in [1.54, 1.807) is 17.5 Å². The van der Waals surface area contributed by atoms with Crippen LogP contribution in [0.1, 0.15) is 5.69 Å². The highest BCUT2D eigenvalue weighted by Gasteiger charge is 2.07. The Balaban J connectivity index is 1.99. The first-order valence-corrected chi connectivity index (χ1v) is 5.99. The standard InChI is InChI=1S/C12H9N3OS/c1-8-2-3-9(6-13-8)16-12-11-10(4-5-17-11)14-7-15-12/h2-7H,1H3. The third-order valence-electron chi connectivity index (χ3n) is 2.31. The molecule has 84 valence electrons. The summed E-state index contributed by atoms with van der Waals surface area (Å²) in [5.41, 5.74) is 1.86. The molecule has 0 aliphatic rings. The lowest BCUT2D eigenvalue weighted by molar-refractivity contribution is 0.466. The van der Waals surface area contributed by atoms with E-state index in [0.29, 0.717) is 11.6 Å². The largest absolute Gasteiger partial charge is 0.436 e. The summed E-state index contributed by atoms with van der Waals surface area (Å²) < 4.78 is 6.65. The highest BCUT2D eigenvalue weighted by molar-refractivity contribution is 7.17. The third kappa shape index (κ3) is 1.97. The van der Waals surface area contributed by atoms with E-state index >= 15 is 0 Å². The Morgan fingerprint density at radius 3 is 2.88 bits per heavy atom. The van der Waals surface area contributed by atoms with E-state index < -0.39 is 0 Å². The number of thiophene rings is 1. The monoisotopic (exact) mass is 243 g/mol. The predicted molar refractivity (Wildman–Crippen MR) is 66.5 cm³/mol. The second kappa shape index (κ2) is 4.10. The van der Waals surface area contributed by atoms with Gasteiger partial charge < -0.3 is 4.74 Å². The van der Waals surface area contributed by atoms with Crippen molar-refractivity contribution in [1.29, 1.82) is 0 Å². The lowest BCUT2D eigenvalue weighted by atomic mass is 10.4. The normalized spacial score (nSPS) is 10.6. The first-order chi connectivity index (χ1) is 8.33. The molecule has 0 bridgehead atoms. The van der Waals surface area contributed by atoms with Crippen LogP contribution in [0.2, 0.25) is 0 Å². The summed E-state index contributed by atoms with van der Waals surface area (Å²) >= 11 is 1.57. The number of fused-ring (bicyclic) bond motifs is 1. The number of hydrogen-bond acceptors (Lipinski definition) is 5. The minimum Gasteiger partial charge on any atom is -0.436 e. The molecule has 3 aromatic rings. The number of nitrogens with zero attached hydrogens (tertiary/aromatic N) is 3. The van der Waals surface area contributed by atoms with E-state index in [4.69, 9.17) is 4.74 Å². The van der Waals surface area contributed by atoms with Gasteiger partial charge in [-0.2, -0.15) is 0 Å². The average molecular weight is 243 g/mol. The number of aromatic nitrogens is 3. The highest BCUT2D eigenvalue weighted by atomic mass is 32.1. The van der Waals surface area contributed by atoms with E-state index in [1.165, 1.54) is 6.33 Å². The second-order valence-corrected chi connectivity index (χ2v) is 4.47. The molecule has 0 amide bonds. The van der Waals surface area contributed by atoms with Gasteiger partial charge in [0.15, 0.2) is 0 Å². The van der Waals surface area contributed by atoms with E-state index in [0.717, 1.165) is 15.9 Å². The molecular formula is C12H9N3OS. The Kier molecular flexibility index (Phi) is 2.45. The molecule has 0 saturated carbocycles. The zero-order valence-electron chi connectivity index (χ0n) is 9.12. The summed E-state index contributed by atoms with van der Waals surface area (Å²) in [6.45, 7) is 1.94. The molecule has 3 heterocycles. The van der Waals surface area contributed by atoms with Gasteiger partial charge in [0, 0.05) is 5.69 Å². The summed E-state index contributed by atoms with van der Waals surface area (Å²) in [7, 11) is 0. The predicted octanol–water partition coefficient (Wildman–Crippen LogP) is 3.19. The maximum absolute atomic E-state index is 5.70. The Hall–Kier alpha value is -2.01. The van der Waals surface area contributed by atoms with Crippen LogP contribution in [0.3, 0.4) is 0 Å². The van der Waals surface area contributed by atoms with Gasteiger partial charge in [-0.05, 0) is 30.5 Å². The van der Waals surface area contributed by atoms with Crippen LogP contribution in [0.15, 0.2) is 36.1 Å². The zero-order valence-corrected chi connectivity index (χ0v) is 9.94. The van der Waals surface area contributed by atoms with Crippen LogP contribution in [0.25, 0.3) is 10.2 Å². The van der Waals surface area contributed by atoms with Crippen LogP contribution in [-0.4, -0.2) is 15.0 Å². The van der Waals surface area contributed by atoms with Gasteiger partial charge in [0.2, 0.25) is 5.88 Å². The van der Waals surface area contributed by atoms with Crippen LogP contribution in [-0.2, 0) is 0 Å². The van der Waals surface area contributed by atoms with Crippen molar-refractivity contribution in [3.63, 3.8) is 0 Å². The number of hydrogen-bond donors (Lipinski definition) is 0. The molecule has 17 heavy (non-hydrogen) atoms. The number of pyridine rings is 1. The molecule has 0 atom stereocenters. The summed E-state index contributed by atoms with van der Waals surface area (Å²) in [6.07, 6.45) is 3.20. The van der Waals surface area contributed by atoms with Gasteiger partial charge in [-0.15, -0.1) is 11.3 Å². The maximum Gasteiger partial charge on any atom is 0.240 e. The molecule has 0 spiro atoms. The molecule has 3 rings (SSSR count). The molecule has 0 fully saturated rings. The SMILES string of the molecule is Cc1ccc(Oc2ncnc3ccsc23)cn1. The van der Waals surface area contributed by atoms with Crippen molar-refractivity contribution in [3.8, 4) is 11.6 Å². The van der Waals surface area contributed by atoms with Crippen molar-refractivity contribution in [3.05, 3.63) is 41.8 Å². The molecule has 0 saturated heterocycles. The van der Waals surface area contributed by atoms with Crippen LogP contribution >= 0.6 is 11.3 Å². The van der Waals surface area contributed by atoms with Crippen molar-refractivity contribution in [2.75, 3.05) is 0 Å². The zero-order chi connectivity index (χ0) is 11.7. The first kappa shape index (κ1) is 10.2. The summed E-state index contributed by atoms with van der Waals surface area (Å²) in [5, 5.41) is 1.97. The molecule has 0 radical (unpaired) electrons. The third-order valence-corrected chi connectivity index (χ3v) is 3.20. The minimum absolute atomic E-state index is 0.579. The van der Waals surface area contributed by atoms with Crippen LogP contribution in [0.4, 0.5) is 0 Å². The molecular weight excluding hydrogens is 234 g/mol. The van der Waals surface area contributed by atoms with E-state index in [-0.39, 0.29) is 0 Å². The van der Waals surface area contributed by atoms with E-state index in [2.05, 4.69) is 15.0 Å². The quantitative estimate of drug-likeness (QED) is 0.693. The van der Waals surface area contributed by atoms with Gasteiger partial charge in [0.25, 0.3) is 0 Å². The van der Waals surface area contributed by atoms with Crippen LogP contribution < -0.4 is 4.74 Å². The van der Waals surface area contributed by atoms with Gasteiger partial charge in [-0.3, -0.25) is 4.98 Å². The summed E-state index contributed by atoms with van der Waals surface area (Å²) in [6, 6.07) is 5.73. The van der Waals surface area contributed by atoms with Crippen LogP contribution in [0, 0.1) is 6.92 Å². The van der Waals surface area contributed by atoms with Crippen molar-refractivity contribution in [2.45, 2.75) is 6.92 Å². The van der Waals surface area contributed by atoms with E-state index in [1.807, 2.05) is 30.5 Å². The van der Waals surface area contributed by atoms with Gasteiger partial charge in [-0.25, -0.2) is 9.97 Å².